The lowest BCUT2D eigenvalue weighted by atomic mass is 9.94. The fraction of sp³-hybridized carbons (Fsp3) is 1.00. The van der Waals surface area contributed by atoms with E-state index in [0.29, 0.717) is 0 Å². The molecule has 26 heavy (non-hydrogen) atoms. The first kappa shape index (κ1) is 22.2. The van der Waals surface area contributed by atoms with Crippen molar-refractivity contribution in [2.45, 2.75) is 128 Å². The first-order valence-corrected chi connectivity index (χ1v) is 12.2. The van der Waals surface area contributed by atoms with Gasteiger partial charge in [0.05, 0.1) is 0 Å². The Kier molecular flexibility index (Phi) is 12.0. The number of hydrogen-bond acceptors (Lipinski definition) is 2. The van der Waals surface area contributed by atoms with E-state index in [0.717, 1.165) is 12.1 Å². The Bertz CT molecular complexity index is 286. The van der Waals surface area contributed by atoms with Gasteiger partial charge < -0.3 is 9.80 Å². The second-order valence-electron chi connectivity index (χ2n) is 9.37. The number of rotatable bonds is 13. The zero-order chi connectivity index (χ0) is 18.5. The van der Waals surface area contributed by atoms with Crippen LogP contribution in [0.15, 0.2) is 0 Å². The Labute approximate surface area is 165 Å². The highest BCUT2D eigenvalue weighted by Crippen LogP contribution is 2.23. The topological polar surface area (TPSA) is 6.48 Å². The summed E-state index contributed by atoms with van der Waals surface area (Å²) in [5, 5.41) is 0. The molecule has 2 rings (SSSR count). The summed E-state index contributed by atoms with van der Waals surface area (Å²) >= 11 is 0. The molecule has 0 atom stereocenters. The van der Waals surface area contributed by atoms with Crippen LogP contribution in [-0.2, 0) is 0 Å². The third-order valence-electron chi connectivity index (χ3n) is 7.17. The van der Waals surface area contributed by atoms with Gasteiger partial charge in [0.25, 0.3) is 0 Å². The van der Waals surface area contributed by atoms with Gasteiger partial charge in [0.15, 0.2) is 0 Å². The Morgan fingerprint density at radius 3 is 1.12 bits per heavy atom. The largest absolute Gasteiger partial charge is 0.303 e. The van der Waals surface area contributed by atoms with Crippen LogP contribution in [0.2, 0.25) is 0 Å². The van der Waals surface area contributed by atoms with E-state index in [1.807, 2.05) is 0 Å². The van der Waals surface area contributed by atoms with Gasteiger partial charge in [-0.3, -0.25) is 0 Å². The van der Waals surface area contributed by atoms with Gasteiger partial charge in [-0.2, -0.15) is 0 Å². The molecule has 154 valence electrons. The standard InChI is InChI=1S/C24H48N2/c1-25(23-17-11-9-12-18-23)21-15-7-5-3-4-6-8-16-22-26(2)24-19-13-10-14-20-24/h23-24H,3-22H2,1-2H3. The molecule has 0 heterocycles. The van der Waals surface area contributed by atoms with E-state index in [2.05, 4.69) is 23.9 Å². The Morgan fingerprint density at radius 2 is 0.769 bits per heavy atom. The van der Waals surface area contributed by atoms with Gasteiger partial charge in [-0.25, -0.2) is 0 Å². The highest BCUT2D eigenvalue weighted by atomic mass is 15.1. The molecule has 0 unspecified atom stereocenters. The van der Waals surface area contributed by atoms with Crippen LogP contribution in [0.4, 0.5) is 0 Å². The van der Waals surface area contributed by atoms with E-state index in [4.69, 9.17) is 0 Å². The third kappa shape index (κ3) is 9.22. The van der Waals surface area contributed by atoms with Gasteiger partial charge in [0.1, 0.15) is 0 Å². The van der Waals surface area contributed by atoms with Gasteiger partial charge in [-0.1, -0.05) is 77.0 Å². The van der Waals surface area contributed by atoms with Crippen molar-refractivity contribution in [3.05, 3.63) is 0 Å². The van der Waals surface area contributed by atoms with Crippen LogP contribution in [0, 0.1) is 0 Å². The van der Waals surface area contributed by atoms with E-state index >= 15 is 0 Å². The smallest absolute Gasteiger partial charge is 0.00922 e. The molecule has 2 aliphatic rings. The molecule has 2 aliphatic carbocycles. The zero-order valence-corrected chi connectivity index (χ0v) is 18.2. The minimum absolute atomic E-state index is 0.899. The summed E-state index contributed by atoms with van der Waals surface area (Å²) in [7, 11) is 4.72. The molecule has 0 bridgehead atoms. The maximum Gasteiger partial charge on any atom is 0.00922 e. The fourth-order valence-electron chi connectivity index (χ4n) is 5.19. The second kappa shape index (κ2) is 14.0. The van der Waals surface area contributed by atoms with Gasteiger partial charge >= 0.3 is 0 Å². The van der Waals surface area contributed by atoms with Crippen LogP contribution in [0.5, 0.6) is 0 Å². The molecule has 0 aromatic rings. The van der Waals surface area contributed by atoms with E-state index in [1.165, 1.54) is 129 Å². The Morgan fingerprint density at radius 1 is 0.462 bits per heavy atom. The van der Waals surface area contributed by atoms with Crippen molar-refractivity contribution in [2.24, 2.45) is 0 Å². The third-order valence-corrected chi connectivity index (χ3v) is 7.17. The lowest BCUT2D eigenvalue weighted by Gasteiger charge is -2.31. The van der Waals surface area contributed by atoms with Crippen LogP contribution in [0.3, 0.4) is 0 Å². The summed E-state index contributed by atoms with van der Waals surface area (Å²) in [5.74, 6) is 0. The number of hydrogen-bond donors (Lipinski definition) is 0. The summed E-state index contributed by atoms with van der Waals surface area (Å²) in [6.45, 7) is 2.66. The minimum Gasteiger partial charge on any atom is -0.303 e. The predicted molar refractivity (Wildman–Crippen MR) is 116 cm³/mol. The van der Waals surface area contributed by atoms with Crippen LogP contribution in [0.1, 0.15) is 116 Å². The highest BCUT2D eigenvalue weighted by Gasteiger charge is 2.18. The molecular weight excluding hydrogens is 316 g/mol. The molecule has 0 spiro atoms. The van der Waals surface area contributed by atoms with E-state index < -0.39 is 0 Å². The fourth-order valence-corrected chi connectivity index (χ4v) is 5.19. The van der Waals surface area contributed by atoms with Gasteiger partial charge in [0, 0.05) is 12.1 Å². The molecule has 2 saturated carbocycles. The predicted octanol–water partition coefficient (Wildman–Crippen LogP) is 6.64. The average molecular weight is 365 g/mol. The van der Waals surface area contributed by atoms with Crippen molar-refractivity contribution in [3.63, 3.8) is 0 Å². The molecule has 0 aromatic carbocycles. The van der Waals surface area contributed by atoms with Crippen molar-refractivity contribution >= 4 is 0 Å². The molecule has 0 N–H and O–H groups in total. The molecule has 0 radical (unpaired) electrons. The van der Waals surface area contributed by atoms with Gasteiger partial charge in [-0.05, 0) is 65.7 Å². The molecule has 2 heteroatoms. The molecule has 0 amide bonds. The normalized spacial score (nSPS) is 20.3. The molecular formula is C24H48N2. The quantitative estimate of drug-likeness (QED) is 0.338. The summed E-state index contributed by atoms with van der Waals surface area (Å²) in [4.78, 5) is 5.31. The molecule has 0 aliphatic heterocycles. The lowest BCUT2D eigenvalue weighted by molar-refractivity contribution is 0.187. The summed E-state index contributed by atoms with van der Waals surface area (Å²) in [5.41, 5.74) is 0. The van der Waals surface area contributed by atoms with Crippen molar-refractivity contribution in [1.29, 1.82) is 0 Å². The first-order valence-electron chi connectivity index (χ1n) is 12.2. The Hall–Kier alpha value is -0.0800. The van der Waals surface area contributed by atoms with Gasteiger partial charge in [-0.15, -0.1) is 0 Å². The van der Waals surface area contributed by atoms with Crippen LogP contribution in [-0.4, -0.2) is 49.1 Å². The van der Waals surface area contributed by atoms with E-state index in [1.54, 1.807) is 0 Å². The number of unbranched alkanes of at least 4 members (excludes halogenated alkanes) is 7. The van der Waals surface area contributed by atoms with E-state index in [9.17, 15) is 0 Å². The second-order valence-corrected chi connectivity index (χ2v) is 9.37. The van der Waals surface area contributed by atoms with Gasteiger partial charge in [0.2, 0.25) is 0 Å². The van der Waals surface area contributed by atoms with Crippen LogP contribution >= 0.6 is 0 Å². The first-order chi connectivity index (χ1) is 12.8. The molecule has 2 nitrogen and oxygen atoms in total. The zero-order valence-electron chi connectivity index (χ0n) is 18.2. The van der Waals surface area contributed by atoms with Crippen molar-refractivity contribution in [1.82, 2.24) is 9.80 Å². The Balaban J connectivity index is 1.33. The van der Waals surface area contributed by atoms with Crippen LogP contribution in [0.25, 0.3) is 0 Å². The summed E-state index contributed by atoms with van der Waals surface area (Å²) < 4.78 is 0. The SMILES string of the molecule is CN(CCCCCCCCCCN(C)C1CCCCC1)C1CCCCC1. The maximum atomic E-state index is 2.65. The number of nitrogens with zero attached hydrogens (tertiary/aromatic N) is 2. The average Bonchev–Trinajstić information content (AvgIpc) is 2.70. The molecule has 2 fully saturated rings. The van der Waals surface area contributed by atoms with Crippen molar-refractivity contribution < 1.29 is 0 Å². The van der Waals surface area contributed by atoms with Crippen molar-refractivity contribution in [3.8, 4) is 0 Å². The lowest BCUT2D eigenvalue weighted by Crippen LogP contribution is -2.34. The monoisotopic (exact) mass is 364 g/mol. The van der Waals surface area contributed by atoms with Crippen LogP contribution < -0.4 is 0 Å². The summed E-state index contributed by atoms with van der Waals surface area (Å²) in [6, 6.07) is 1.80. The van der Waals surface area contributed by atoms with E-state index in [-0.39, 0.29) is 0 Å². The molecule has 0 aromatic heterocycles. The highest BCUT2D eigenvalue weighted by molar-refractivity contribution is 4.74. The minimum atomic E-state index is 0.899. The summed E-state index contributed by atoms with van der Waals surface area (Å²) in [6.07, 6.45) is 26.2. The molecule has 0 saturated heterocycles. The van der Waals surface area contributed by atoms with Crippen molar-refractivity contribution in [2.75, 3.05) is 27.2 Å². The maximum absolute atomic E-state index is 2.65.